The number of aryl methyl sites for hydroxylation is 1. The second-order valence-electron chi connectivity index (χ2n) is 7.81. The Balaban J connectivity index is 1.48. The molecule has 2 saturated heterocycles. The van der Waals surface area contributed by atoms with Crippen molar-refractivity contribution in [3.63, 3.8) is 0 Å². The molecule has 6 heteroatoms. The number of carbonyl (C=O) groups is 1. The van der Waals surface area contributed by atoms with Crippen LogP contribution in [-0.4, -0.2) is 50.1 Å². The van der Waals surface area contributed by atoms with E-state index in [0.717, 1.165) is 45.7 Å². The number of halogens is 1. The van der Waals surface area contributed by atoms with Crippen LogP contribution < -0.4 is 15.0 Å². The highest BCUT2D eigenvalue weighted by Crippen LogP contribution is 2.37. The second-order valence-corrected chi connectivity index (χ2v) is 8.67. The average Bonchev–Trinajstić information content (AvgIpc) is 2.66. The number of benzene rings is 2. The maximum absolute atomic E-state index is 13.0. The molecule has 2 aliphatic rings. The molecule has 0 radical (unpaired) electrons. The lowest BCUT2D eigenvalue weighted by Gasteiger charge is -2.62. The van der Waals surface area contributed by atoms with Crippen molar-refractivity contribution < 1.29 is 9.53 Å². The monoisotopic (exact) mass is 443 g/mol. The molecule has 1 amide bonds. The second kappa shape index (κ2) is 7.41. The molecule has 4 rings (SSSR count). The van der Waals surface area contributed by atoms with Crippen molar-refractivity contribution in [1.82, 2.24) is 10.2 Å². The molecule has 1 N–H and O–H groups in total. The fourth-order valence-corrected chi connectivity index (χ4v) is 4.67. The Kier molecular flexibility index (Phi) is 5.10. The standard InChI is InChI=1S/C22H26BrN3O2/c1-13-5-7-16(26-12-19-20(26)11-25(19)3)10-17(13)22(27)24-14(2)15-6-8-21(28-4)18(23)9-15/h5-10,14,19-20H,11-12H2,1-4H3,(H,24,27)/t14-,19?,20?/m1/s1. The van der Waals surface area contributed by atoms with Crippen LogP contribution in [0.25, 0.3) is 0 Å². The van der Waals surface area contributed by atoms with E-state index in [1.165, 1.54) is 0 Å². The van der Waals surface area contributed by atoms with Gasteiger partial charge in [0.1, 0.15) is 5.75 Å². The number of rotatable bonds is 5. The summed E-state index contributed by atoms with van der Waals surface area (Å²) < 4.78 is 6.16. The lowest BCUT2D eigenvalue weighted by atomic mass is 9.85. The van der Waals surface area contributed by atoms with Crippen molar-refractivity contribution in [2.75, 3.05) is 32.1 Å². The number of hydrogen-bond donors (Lipinski definition) is 1. The normalized spacial score (nSPS) is 22.0. The van der Waals surface area contributed by atoms with Gasteiger partial charge in [-0.15, -0.1) is 0 Å². The molecule has 0 saturated carbocycles. The van der Waals surface area contributed by atoms with Gasteiger partial charge in [0.05, 0.1) is 23.7 Å². The Hall–Kier alpha value is -2.05. The zero-order valence-electron chi connectivity index (χ0n) is 16.7. The number of likely N-dealkylation sites (tertiary alicyclic amines) is 1. The van der Waals surface area contributed by atoms with Crippen LogP contribution in [0.1, 0.15) is 34.5 Å². The van der Waals surface area contributed by atoms with Gasteiger partial charge in [0.15, 0.2) is 0 Å². The van der Waals surface area contributed by atoms with Gasteiger partial charge in [0, 0.05) is 30.4 Å². The van der Waals surface area contributed by atoms with Gasteiger partial charge in [-0.3, -0.25) is 9.69 Å². The van der Waals surface area contributed by atoms with E-state index in [-0.39, 0.29) is 11.9 Å². The summed E-state index contributed by atoms with van der Waals surface area (Å²) >= 11 is 3.51. The number of nitrogens with zero attached hydrogens (tertiary/aromatic N) is 2. The number of hydrogen-bond acceptors (Lipinski definition) is 4. The largest absolute Gasteiger partial charge is 0.496 e. The number of anilines is 1. The van der Waals surface area contributed by atoms with Gasteiger partial charge in [-0.1, -0.05) is 12.1 Å². The van der Waals surface area contributed by atoms with Crippen LogP contribution in [0.4, 0.5) is 5.69 Å². The van der Waals surface area contributed by atoms with Crippen LogP contribution >= 0.6 is 15.9 Å². The molecule has 2 fully saturated rings. The average molecular weight is 444 g/mol. The molecule has 2 aromatic carbocycles. The van der Waals surface area contributed by atoms with Gasteiger partial charge < -0.3 is 15.0 Å². The summed E-state index contributed by atoms with van der Waals surface area (Å²) in [7, 11) is 3.81. The van der Waals surface area contributed by atoms with Crippen LogP contribution in [0.3, 0.4) is 0 Å². The zero-order chi connectivity index (χ0) is 20.0. The Morgan fingerprint density at radius 2 is 2.00 bits per heavy atom. The van der Waals surface area contributed by atoms with Crippen LogP contribution in [-0.2, 0) is 0 Å². The van der Waals surface area contributed by atoms with Crippen molar-refractivity contribution in [2.24, 2.45) is 0 Å². The molecular weight excluding hydrogens is 418 g/mol. The molecule has 2 aliphatic heterocycles. The Morgan fingerprint density at radius 1 is 1.21 bits per heavy atom. The van der Waals surface area contributed by atoms with E-state index in [1.807, 2.05) is 38.1 Å². The molecule has 0 spiro atoms. The number of nitrogens with one attached hydrogen (secondary N) is 1. The molecule has 2 unspecified atom stereocenters. The first kappa shape index (κ1) is 19.3. The topological polar surface area (TPSA) is 44.8 Å². The van der Waals surface area contributed by atoms with Crippen molar-refractivity contribution in [3.8, 4) is 5.75 Å². The number of piperazine rings is 1. The zero-order valence-corrected chi connectivity index (χ0v) is 18.3. The first-order valence-corrected chi connectivity index (χ1v) is 10.4. The minimum atomic E-state index is -0.105. The minimum absolute atomic E-state index is 0.0402. The highest BCUT2D eigenvalue weighted by molar-refractivity contribution is 9.10. The lowest BCUT2D eigenvalue weighted by molar-refractivity contribution is 0.0368. The molecule has 28 heavy (non-hydrogen) atoms. The van der Waals surface area contributed by atoms with Gasteiger partial charge in [-0.2, -0.15) is 0 Å². The summed E-state index contributed by atoms with van der Waals surface area (Å²) in [5.41, 5.74) is 3.91. The van der Waals surface area contributed by atoms with E-state index in [2.05, 4.69) is 50.2 Å². The van der Waals surface area contributed by atoms with Crippen LogP contribution in [0.15, 0.2) is 40.9 Å². The summed E-state index contributed by atoms with van der Waals surface area (Å²) in [5.74, 6) is 0.738. The van der Waals surface area contributed by atoms with Crippen molar-refractivity contribution >= 4 is 27.5 Å². The summed E-state index contributed by atoms with van der Waals surface area (Å²) in [6.45, 7) is 6.13. The van der Waals surface area contributed by atoms with Crippen LogP contribution in [0.5, 0.6) is 5.75 Å². The Labute approximate surface area is 174 Å². The minimum Gasteiger partial charge on any atom is -0.496 e. The Bertz CT molecular complexity index is 917. The van der Waals surface area contributed by atoms with E-state index in [0.29, 0.717) is 12.1 Å². The molecule has 2 aromatic rings. The van der Waals surface area contributed by atoms with E-state index in [4.69, 9.17) is 4.74 Å². The van der Waals surface area contributed by atoms with Crippen LogP contribution in [0, 0.1) is 6.92 Å². The summed E-state index contributed by atoms with van der Waals surface area (Å²) in [4.78, 5) is 17.8. The number of fused-ring (bicyclic) bond motifs is 1. The molecule has 0 bridgehead atoms. The van der Waals surface area contributed by atoms with Gasteiger partial charge in [0.2, 0.25) is 0 Å². The van der Waals surface area contributed by atoms with E-state index < -0.39 is 0 Å². The van der Waals surface area contributed by atoms with E-state index in [9.17, 15) is 4.79 Å². The van der Waals surface area contributed by atoms with Crippen molar-refractivity contribution in [3.05, 3.63) is 57.6 Å². The van der Waals surface area contributed by atoms with Crippen molar-refractivity contribution in [2.45, 2.75) is 32.0 Å². The number of methoxy groups -OCH3 is 1. The molecule has 2 heterocycles. The first-order valence-electron chi connectivity index (χ1n) is 9.61. The fourth-order valence-electron chi connectivity index (χ4n) is 4.11. The summed E-state index contributed by atoms with van der Waals surface area (Å²) in [6, 6.07) is 13.3. The Morgan fingerprint density at radius 3 is 2.61 bits per heavy atom. The third-order valence-electron chi connectivity index (χ3n) is 6.09. The van der Waals surface area contributed by atoms with Gasteiger partial charge >= 0.3 is 0 Å². The molecule has 3 atom stereocenters. The molecule has 5 nitrogen and oxygen atoms in total. The predicted molar refractivity (Wildman–Crippen MR) is 115 cm³/mol. The van der Waals surface area contributed by atoms with E-state index >= 15 is 0 Å². The summed E-state index contributed by atoms with van der Waals surface area (Å²) in [5, 5.41) is 3.13. The molecule has 0 aromatic heterocycles. The number of ether oxygens (including phenoxy) is 1. The van der Waals surface area contributed by atoms with Gasteiger partial charge in [-0.05, 0) is 72.2 Å². The highest BCUT2D eigenvalue weighted by Gasteiger charge is 2.49. The van der Waals surface area contributed by atoms with E-state index in [1.54, 1.807) is 7.11 Å². The maximum Gasteiger partial charge on any atom is 0.252 e. The third kappa shape index (κ3) is 3.29. The molecule has 0 aliphatic carbocycles. The van der Waals surface area contributed by atoms with Crippen LogP contribution in [0.2, 0.25) is 0 Å². The highest BCUT2D eigenvalue weighted by atomic mass is 79.9. The van der Waals surface area contributed by atoms with Gasteiger partial charge in [0.25, 0.3) is 5.91 Å². The SMILES string of the molecule is COc1ccc([C@@H](C)NC(=O)c2cc(N3CC4C3CN4C)ccc2C)cc1Br. The number of carbonyl (C=O) groups excluding carboxylic acids is 1. The number of likely N-dealkylation sites (N-methyl/N-ethyl adjacent to an activating group) is 1. The molecule has 148 valence electrons. The molecular formula is C22H26BrN3O2. The fraction of sp³-hybridized carbons (Fsp3) is 0.409. The summed E-state index contributed by atoms with van der Waals surface area (Å²) in [6.07, 6.45) is 0. The lowest BCUT2D eigenvalue weighted by Crippen LogP contribution is -2.78. The number of amides is 1. The predicted octanol–water partition coefficient (Wildman–Crippen LogP) is 3.76. The third-order valence-corrected chi connectivity index (χ3v) is 6.71. The maximum atomic E-state index is 13.0. The quantitative estimate of drug-likeness (QED) is 0.763. The van der Waals surface area contributed by atoms with Gasteiger partial charge in [-0.25, -0.2) is 0 Å². The van der Waals surface area contributed by atoms with Crippen molar-refractivity contribution in [1.29, 1.82) is 0 Å². The first-order chi connectivity index (χ1) is 13.4. The smallest absolute Gasteiger partial charge is 0.252 e.